The number of rotatable bonds is 7. The highest BCUT2D eigenvalue weighted by Crippen LogP contribution is 2.13. The highest BCUT2D eigenvalue weighted by atomic mass is 19.1. The van der Waals surface area contributed by atoms with Crippen molar-refractivity contribution in [1.82, 2.24) is 20.3 Å². The van der Waals surface area contributed by atoms with E-state index in [1.807, 2.05) is 28.9 Å². The fourth-order valence-corrected chi connectivity index (χ4v) is 1.88. The first-order chi connectivity index (χ1) is 9.69. The molecule has 0 fully saturated rings. The molecule has 20 heavy (non-hydrogen) atoms. The monoisotopic (exact) mass is 277 g/mol. The topological polar surface area (TPSA) is 46.0 Å². The van der Waals surface area contributed by atoms with E-state index in [1.165, 1.54) is 12.1 Å². The molecular weight excluding hydrogens is 257 g/mol. The molecule has 1 aromatic heterocycles. The molecule has 0 aliphatic carbocycles. The van der Waals surface area contributed by atoms with Gasteiger partial charge in [-0.1, -0.05) is 18.2 Å². The zero-order valence-corrected chi connectivity index (χ0v) is 11.9. The van der Waals surface area contributed by atoms with Crippen LogP contribution in [0.1, 0.15) is 12.6 Å². The number of hydrogen-bond donors (Lipinski definition) is 1. The zero-order valence-electron chi connectivity index (χ0n) is 11.9. The Hall–Kier alpha value is -1.95. The molecule has 0 amide bonds. The quantitative estimate of drug-likeness (QED) is 0.836. The van der Waals surface area contributed by atoms with Gasteiger partial charge >= 0.3 is 0 Å². The smallest absolute Gasteiger partial charge is 0.125 e. The lowest BCUT2D eigenvalue weighted by Gasteiger charge is -2.18. The van der Waals surface area contributed by atoms with Gasteiger partial charge in [-0.25, -0.2) is 4.39 Å². The normalized spacial score (nSPS) is 10.8. The predicted octanol–water partition coefficient (Wildman–Crippen LogP) is 1.66. The van der Waals surface area contributed by atoms with Crippen LogP contribution < -0.4 is 10.2 Å². The molecule has 0 saturated carbocycles. The summed E-state index contributed by atoms with van der Waals surface area (Å²) in [5.41, 5.74) is 1.79. The molecule has 0 atom stereocenters. The molecule has 2 rings (SSSR count). The van der Waals surface area contributed by atoms with Crippen molar-refractivity contribution in [2.45, 2.75) is 20.0 Å². The fraction of sp³-hybridized carbons (Fsp3) is 0.429. The number of anilines is 1. The van der Waals surface area contributed by atoms with Gasteiger partial charge in [-0.2, -0.15) is 0 Å². The number of nitrogens with zero attached hydrogens (tertiary/aromatic N) is 4. The van der Waals surface area contributed by atoms with Gasteiger partial charge in [0, 0.05) is 32.0 Å². The van der Waals surface area contributed by atoms with Crippen LogP contribution in [0.5, 0.6) is 0 Å². The zero-order chi connectivity index (χ0) is 14.4. The van der Waals surface area contributed by atoms with Crippen LogP contribution in [0.4, 0.5) is 10.1 Å². The Morgan fingerprint density at radius 3 is 3.00 bits per heavy atom. The van der Waals surface area contributed by atoms with Gasteiger partial charge in [0.15, 0.2) is 0 Å². The van der Waals surface area contributed by atoms with Crippen molar-refractivity contribution in [2.75, 3.05) is 25.0 Å². The predicted molar refractivity (Wildman–Crippen MR) is 77.1 cm³/mol. The molecule has 0 radical (unpaired) electrons. The molecule has 0 saturated heterocycles. The van der Waals surface area contributed by atoms with Crippen molar-refractivity contribution < 1.29 is 4.39 Å². The van der Waals surface area contributed by atoms with Crippen LogP contribution in [0.15, 0.2) is 30.5 Å². The second kappa shape index (κ2) is 7.00. The molecule has 0 bridgehead atoms. The van der Waals surface area contributed by atoms with Crippen LogP contribution in [0.3, 0.4) is 0 Å². The number of aromatic nitrogens is 3. The summed E-state index contributed by atoms with van der Waals surface area (Å²) in [5.74, 6) is -0.219. The van der Waals surface area contributed by atoms with Gasteiger partial charge in [0.25, 0.3) is 0 Å². The Bertz CT molecular complexity index is 540. The molecule has 0 aliphatic heterocycles. The van der Waals surface area contributed by atoms with Crippen molar-refractivity contribution in [3.63, 3.8) is 0 Å². The van der Waals surface area contributed by atoms with Crippen LogP contribution in [0.2, 0.25) is 0 Å². The summed E-state index contributed by atoms with van der Waals surface area (Å²) in [7, 11) is 1.94. The van der Waals surface area contributed by atoms with Crippen LogP contribution >= 0.6 is 0 Å². The Morgan fingerprint density at radius 1 is 1.40 bits per heavy atom. The number of hydrogen-bond acceptors (Lipinski definition) is 4. The number of nitrogens with one attached hydrogen (secondary N) is 1. The Balaban J connectivity index is 1.86. The minimum Gasteiger partial charge on any atom is -0.373 e. The van der Waals surface area contributed by atoms with Gasteiger partial charge < -0.3 is 10.2 Å². The van der Waals surface area contributed by atoms with Gasteiger partial charge in [-0.05, 0) is 24.7 Å². The SMILES string of the molecule is CCNCc1cn(CCN(C)c2cccc(F)c2)nn1. The maximum Gasteiger partial charge on any atom is 0.125 e. The van der Waals surface area contributed by atoms with Crippen molar-refractivity contribution >= 4 is 5.69 Å². The van der Waals surface area contributed by atoms with Gasteiger partial charge in [-0.15, -0.1) is 5.10 Å². The standard InChI is InChI=1S/C14H20FN5/c1-3-16-10-13-11-20(18-17-13)8-7-19(2)14-6-4-5-12(15)9-14/h4-6,9,11,16H,3,7-8,10H2,1-2H3. The van der Waals surface area contributed by atoms with Crippen molar-refractivity contribution in [1.29, 1.82) is 0 Å². The minimum absolute atomic E-state index is 0.219. The van der Waals surface area contributed by atoms with Crippen molar-refractivity contribution in [3.8, 4) is 0 Å². The average molecular weight is 277 g/mol. The van der Waals surface area contributed by atoms with E-state index in [9.17, 15) is 4.39 Å². The minimum atomic E-state index is -0.219. The van der Waals surface area contributed by atoms with E-state index in [4.69, 9.17) is 0 Å². The molecule has 0 spiro atoms. The average Bonchev–Trinajstić information content (AvgIpc) is 2.90. The molecule has 1 N–H and O–H groups in total. The molecule has 1 aromatic carbocycles. The summed E-state index contributed by atoms with van der Waals surface area (Å²) >= 11 is 0. The van der Waals surface area contributed by atoms with E-state index in [1.54, 1.807) is 6.07 Å². The third-order valence-electron chi connectivity index (χ3n) is 3.06. The van der Waals surface area contributed by atoms with Gasteiger partial charge in [0.2, 0.25) is 0 Å². The molecule has 5 nitrogen and oxygen atoms in total. The Kier molecular flexibility index (Phi) is 5.06. The van der Waals surface area contributed by atoms with Crippen LogP contribution in [-0.4, -0.2) is 35.1 Å². The second-order valence-electron chi connectivity index (χ2n) is 4.65. The summed E-state index contributed by atoms with van der Waals surface area (Å²) < 4.78 is 15.0. The van der Waals surface area contributed by atoms with E-state index < -0.39 is 0 Å². The summed E-state index contributed by atoms with van der Waals surface area (Å²) in [6, 6.07) is 6.58. The van der Waals surface area contributed by atoms with E-state index >= 15 is 0 Å². The number of halogens is 1. The van der Waals surface area contributed by atoms with Gasteiger partial charge in [0.1, 0.15) is 5.82 Å². The molecule has 0 unspecified atom stereocenters. The summed E-state index contributed by atoms with van der Waals surface area (Å²) in [6.07, 6.45) is 1.93. The molecular formula is C14H20FN5. The first kappa shape index (κ1) is 14.5. The van der Waals surface area contributed by atoms with E-state index in [0.29, 0.717) is 6.54 Å². The summed E-state index contributed by atoms with van der Waals surface area (Å²) in [5, 5.41) is 11.4. The summed E-state index contributed by atoms with van der Waals surface area (Å²) in [4.78, 5) is 1.99. The highest BCUT2D eigenvalue weighted by molar-refractivity contribution is 5.45. The molecule has 2 aromatic rings. The van der Waals surface area contributed by atoms with Gasteiger partial charge in [0.05, 0.1) is 12.2 Å². The van der Waals surface area contributed by atoms with Crippen molar-refractivity contribution in [2.24, 2.45) is 0 Å². The molecule has 1 heterocycles. The maximum atomic E-state index is 13.2. The van der Waals surface area contributed by atoms with E-state index in [-0.39, 0.29) is 5.82 Å². The second-order valence-corrected chi connectivity index (χ2v) is 4.65. The lowest BCUT2D eigenvalue weighted by atomic mass is 10.3. The Morgan fingerprint density at radius 2 is 2.25 bits per heavy atom. The number of likely N-dealkylation sites (N-methyl/N-ethyl adjacent to an activating group) is 1. The largest absolute Gasteiger partial charge is 0.373 e. The molecule has 108 valence electrons. The third-order valence-corrected chi connectivity index (χ3v) is 3.06. The number of benzene rings is 1. The molecule has 0 aliphatic rings. The lowest BCUT2D eigenvalue weighted by molar-refractivity contribution is 0.585. The first-order valence-corrected chi connectivity index (χ1v) is 6.75. The highest BCUT2D eigenvalue weighted by Gasteiger charge is 2.04. The fourth-order valence-electron chi connectivity index (χ4n) is 1.88. The summed E-state index contributed by atoms with van der Waals surface area (Å²) in [6.45, 7) is 5.16. The first-order valence-electron chi connectivity index (χ1n) is 6.75. The van der Waals surface area contributed by atoms with Crippen molar-refractivity contribution in [3.05, 3.63) is 42.0 Å². The Labute approximate surface area is 118 Å². The lowest BCUT2D eigenvalue weighted by Crippen LogP contribution is -2.23. The van der Waals surface area contributed by atoms with Crippen LogP contribution in [0.25, 0.3) is 0 Å². The van der Waals surface area contributed by atoms with E-state index in [0.717, 1.165) is 31.0 Å². The maximum absolute atomic E-state index is 13.2. The van der Waals surface area contributed by atoms with Crippen LogP contribution in [0, 0.1) is 5.82 Å². The van der Waals surface area contributed by atoms with Crippen LogP contribution in [-0.2, 0) is 13.1 Å². The third kappa shape index (κ3) is 4.03. The molecule has 6 heteroatoms. The van der Waals surface area contributed by atoms with Gasteiger partial charge in [-0.3, -0.25) is 4.68 Å². The van der Waals surface area contributed by atoms with E-state index in [2.05, 4.69) is 22.6 Å².